The normalized spacial score (nSPS) is 38.4. The van der Waals surface area contributed by atoms with E-state index in [-0.39, 0.29) is 31.1 Å². The highest BCUT2D eigenvalue weighted by atomic mass is 16.5. The molecule has 2 bridgehead atoms. The summed E-state index contributed by atoms with van der Waals surface area (Å²) in [5, 5.41) is 0. The maximum Gasteiger partial charge on any atom is 0.313 e. The van der Waals surface area contributed by atoms with E-state index < -0.39 is 10.8 Å². The Kier molecular flexibility index (Phi) is 3.87. The second-order valence-electron chi connectivity index (χ2n) is 6.83. The number of carbonyl (C=O) groups is 2. The third-order valence-corrected chi connectivity index (χ3v) is 6.11. The van der Waals surface area contributed by atoms with E-state index in [1.54, 1.807) is 12.2 Å². The lowest BCUT2D eigenvalue weighted by Gasteiger charge is -2.43. The number of hydrogen-bond donors (Lipinski definition) is 0. The minimum atomic E-state index is -0.680. The van der Waals surface area contributed by atoms with Gasteiger partial charge in [0.1, 0.15) is 13.2 Å². The van der Waals surface area contributed by atoms with Crippen molar-refractivity contribution in [3.8, 4) is 0 Å². The van der Waals surface area contributed by atoms with Gasteiger partial charge in [-0.2, -0.15) is 0 Å². The largest absolute Gasteiger partial charge is 0.461 e. The highest BCUT2D eigenvalue weighted by Gasteiger charge is 2.75. The molecule has 3 rings (SSSR count). The Morgan fingerprint density at radius 1 is 1.05 bits per heavy atom. The Hall–Kier alpha value is -1.58. The van der Waals surface area contributed by atoms with Gasteiger partial charge in [0.2, 0.25) is 0 Å². The molecule has 0 aromatic heterocycles. The van der Waals surface area contributed by atoms with Gasteiger partial charge in [-0.15, -0.1) is 0 Å². The van der Waals surface area contributed by atoms with Crippen molar-refractivity contribution in [2.45, 2.75) is 38.5 Å². The number of hydrogen-bond acceptors (Lipinski definition) is 4. The molecule has 0 saturated heterocycles. The molecule has 22 heavy (non-hydrogen) atoms. The van der Waals surface area contributed by atoms with Crippen LogP contribution in [0.1, 0.15) is 38.5 Å². The zero-order valence-electron chi connectivity index (χ0n) is 13.0. The van der Waals surface area contributed by atoms with E-state index in [9.17, 15) is 9.59 Å². The molecule has 0 aliphatic heterocycles. The number of fused-ring (bicyclic) bond motifs is 5. The standard InChI is InChI=1S/C18H24O4/c1-3-10-21-15(19)17-9-7-13(12-17)14-6-5-8-18(14,17)16(20)22-11-4-2/h3-4,13-14H,1-2,5-12H2. The van der Waals surface area contributed by atoms with Crippen molar-refractivity contribution in [3.05, 3.63) is 25.3 Å². The van der Waals surface area contributed by atoms with E-state index in [0.29, 0.717) is 5.92 Å². The summed E-state index contributed by atoms with van der Waals surface area (Å²) in [5.74, 6) is 0.285. The zero-order valence-corrected chi connectivity index (χ0v) is 13.0. The van der Waals surface area contributed by atoms with Gasteiger partial charge in [0.25, 0.3) is 0 Å². The first-order chi connectivity index (χ1) is 10.6. The lowest BCUT2D eigenvalue weighted by molar-refractivity contribution is -0.181. The number of ether oxygens (including phenoxy) is 2. The molecule has 0 N–H and O–H groups in total. The van der Waals surface area contributed by atoms with Crippen LogP contribution < -0.4 is 0 Å². The van der Waals surface area contributed by atoms with Crippen LogP contribution in [0.15, 0.2) is 25.3 Å². The van der Waals surface area contributed by atoms with Crippen LogP contribution in [0.4, 0.5) is 0 Å². The second-order valence-corrected chi connectivity index (χ2v) is 6.83. The summed E-state index contributed by atoms with van der Waals surface area (Å²) < 4.78 is 10.8. The fourth-order valence-corrected chi connectivity index (χ4v) is 5.45. The van der Waals surface area contributed by atoms with Crippen molar-refractivity contribution in [1.29, 1.82) is 0 Å². The first-order valence-electron chi connectivity index (χ1n) is 8.18. The molecule has 4 atom stereocenters. The van der Waals surface area contributed by atoms with Crippen molar-refractivity contribution in [2.75, 3.05) is 13.2 Å². The molecule has 4 nitrogen and oxygen atoms in total. The molecule has 3 aliphatic carbocycles. The summed E-state index contributed by atoms with van der Waals surface area (Å²) in [4.78, 5) is 25.7. The highest BCUT2D eigenvalue weighted by Crippen LogP contribution is 2.73. The van der Waals surface area contributed by atoms with E-state index in [0.717, 1.165) is 38.5 Å². The van der Waals surface area contributed by atoms with Crippen molar-refractivity contribution in [3.63, 3.8) is 0 Å². The van der Waals surface area contributed by atoms with Gasteiger partial charge in [0, 0.05) is 0 Å². The third-order valence-electron chi connectivity index (χ3n) is 6.11. The van der Waals surface area contributed by atoms with E-state index >= 15 is 0 Å². The summed E-state index contributed by atoms with van der Waals surface area (Å²) in [7, 11) is 0. The molecule has 3 fully saturated rings. The number of rotatable bonds is 6. The predicted octanol–water partition coefficient (Wildman–Crippen LogP) is 3.03. The van der Waals surface area contributed by atoms with Crippen molar-refractivity contribution in [1.82, 2.24) is 0 Å². The van der Waals surface area contributed by atoms with Crippen molar-refractivity contribution in [2.24, 2.45) is 22.7 Å². The Balaban J connectivity index is 1.95. The fourth-order valence-electron chi connectivity index (χ4n) is 5.45. The van der Waals surface area contributed by atoms with E-state index in [1.165, 1.54) is 0 Å². The molecule has 4 unspecified atom stereocenters. The SMILES string of the molecule is C=CCOC(=O)C12CCC(C1)C1CCCC12C(=O)OCC=C. The van der Waals surface area contributed by atoms with E-state index in [1.807, 2.05) is 0 Å². The monoisotopic (exact) mass is 304 g/mol. The van der Waals surface area contributed by atoms with Gasteiger partial charge >= 0.3 is 11.9 Å². The summed E-state index contributed by atoms with van der Waals surface area (Å²) in [5.41, 5.74) is -1.35. The molecule has 0 aromatic rings. The molecule has 0 amide bonds. The van der Waals surface area contributed by atoms with Gasteiger partial charge < -0.3 is 9.47 Å². The van der Waals surface area contributed by atoms with Crippen LogP contribution in [0, 0.1) is 22.7 Å². The van der Waals surface area contributed by atoms with Crippen molar-refractivity contribution >= 4 is 11.9 Å². The molecular formula is C18H24O4. The lowest BCUT2D eigenvalue weighted by atomic mass is 9.59. The quantitative estimate of drug-likeness (QED) is 0.559. The molecule has 0 aromatic carbocycles. The van der Waals surface area contributed by atoms with Crippen LogP contribution in [0.3, 0.4) is 0 Å². The van der Waals surface area contributed by atoms with Crippen molar-refractivity contribution < 1.29 is 19.1 Å². The van der Waals surface area contributed by atoms with Crippen LogP contribution in [-0.2, 0) is 19.1 Å². The minimum Gasteiger partial charge on any atom is -0.461 e. The highest BCUT2D eigenvalue weighted by molar-refractivity contribution is 5.90. The average molecular weight is 304 g/mol. The topological polar surface area (TPSA) is 52.6 Å². The Labute approximate surface area is 131 Å². The smallest absolute Gasteiger partial charge is 0.313 e. The van der Waals surface area contributed by atoms with Gasteiger partial charge in [-0.3, -0.25) is 9.59 Å². The lowest BCUT2D eigenvalue weighted by Crippen LogP contribution is -2.52. The van der Waals surface area contributed by atoms with Crippen LogP contribution in [-0.4, -0.2) is 25.2 Å². The van der Waals surface area contributed by atoms with Gasteiger partial charge in [-0.1, -0.05) is 31.7 Å². The van der Waals surface area contributed by atoms with Crippen LogP contribution in [0.5, 0.6) is 0 Å². The van der Waals surface area contributed by atoms with E-state index in [2.05, 4.69) is 13.2 Å². The van der Waals surface area contributed by atoms with Gasteiger partial charge in [-0.05, 0) is 43.9 Å². The van der Waals surface area contributed by atoms with Gasteiger partial charge in [0.05, 0.1) is 10.8 Å². The van der Waals surface area contributed by atoms with Gasteiger partial charge in [-0.25, -0.2) is 0 Å². The first kappa shape index (κ1) is 15.3. The summed E-state index contributed by atoms with van der Waals surface area (Å²) in [6.07, 6.45) is 8.44. The number of esters is 2. The van der Waals surface area contributed by atoms with Crippen LogP contribution in [0.25, 0.3) is 0 Å². The number of carbonyl (C=O) groups excluding carboxylic acids is 2. The molecule has 4 heteroatoms. The molecule has 3 aliphatic rings. The maximum absolute atomic E-state index is 12.9. The fraction of sp³-hybridized carbons (Fsp3) is 0.667. The predicted molar refractivity (Wildman–Crippen MR) is 81.9 cm³/mol. The Morgan fingerprint density at radius 3 is 2.41 bits per heavy atom. The minimum absolute atomic E-state index is 0.202. The zero-order chi connectivity index (χ0) is 15.8. The second kappa shape index (κ2) is 5.56. The Bertz CT molecular complexity index is 511. The third kappa shape index (κ3) is 1.82. The summed E-state index contributed by atoms with van der Waals surface area (Å²) >= 11 is 0. The van der Waals surface area contributed by atoms with E-state index in [4.69, 9.17) is 9.47 Å². The Morgan fingerprint density at radius 2 is 1.73 bits per heavy atom. The maximum atomic E-state index is 12.9. The molecule has 3 saturated carbocycles. The molecule has 0 spiro atoms. The van der Waals surface area contributed by atoms with Crippen LogP contribution in [0.2, 0.25) is 0 Å². The van der Waals surface area contributed by atoms with Crippen LogP contribution >= 0.6 is 0 Å². The average Bonchev–Trinajstić information content (AvgIpc) is 3.20. The molecule has 0 radical (unpaired) electrons. The van der Waals surface area contributed by atoms with Gasteiger partial charge in [0.15, 0.2) is 0 Å². The first-order valence-corrected chi connectivity index (χ1v) is 8.18. The molecule has 120 valence electrons. The molecule has 0 heterocycles. The summed E-state index contributed by atoms with van der Waals surface area (Å²) in [6.45, 7) is 7.61. The molecular weight excluding hydrogens is 280 g/mol. The summed E-state index contributed by atoms with van der Waals surface area (Å²) in [6, 6.07) is 0.